The van der Waals surface area contributed by atoms with Gasteiger partial charge in [-0.25, -0.2) is 4.39 Å². The Hall–Kier alpha value is -2.96. The number of hydrogen-bond acceptors (Lipinski definition) is 4. The molecule has 0 atom stereocenters. The van der Waals surface area contributed by atoms with Gasteiger partial charge < -0.3 is 15.1 Å². The van der Waals surface area contributed by atoms with Crippen LogP contribution in [0.15, 0.2) is 48.8 Å². The third-order valence-corrected chi connectivity index (χ3v) is 4.15. The molecule has 1 N–H and O–H groups in total. The lowest BCUT2D eigenvalue weighted by Crippen LogP contribution is -2.51. The van der Waals surface area contributed by atoms with Gasteiger partial charge in [-0.2, -0.15) is 0 Å². The smallest absolute Gasteiger partial charge is 0.253 e. The molecule has 1 fully saturated rings. The van der Waals surface area contributed by atoms with Gasteiger partial charge in [0, 0.05) is 44.3 Å². The van der Waals surface area contributed by atoms with Crippen LogP contribution in [0.3, 0.4) is 0 Å². The molecule has 1 aliphatic rings. The van der Waals surface area contributed by atoms with Crippen LogP contribution in [0.4, 0.5) is 10.1 Å². The zero-order valence-corrected chi connectivity index (χ0v) is 13.7. The predicted octanol–water partition coefficient (Wildman–Crippen LogP) is 1.30. The number of amides is 2. The minimum Gasteiger partial charge on any atom is -0.368 e. The van der Waals surface area contributed by atoms with Gasteiger partial charge in [0.05, 0.1) is 12.1 Å². The average molecular weight is 342 g/mol. The SMILES string of the molecule is O=C(NCC(=O)N1CCN(c2ccc(F)cc2)CC1)c1cccnc1. The molecule has 25 heavy (non-hydrogen) atoms. The molecule has 0 radical (unpaired) electrons. The maximum absolute atomic E-state index is 13.0. The number of piperazine rings is 1. The van der Waals surface area contributed by atoms with E-state index in [9.17, 15) is 14.0 Å². The van der Waals surface area contributed by atoms with Crippen LogP contribution in [-0.2, 0) is 4.79 Å². The number of aromatic nitrogens is 1. The van der Waals surface area contributed by atoms with Crippen molar-refractivity contribution in [2.24, 2.45) is 0 Å². The lowest BCUT2D eigenvalue weighted by Gasteiger charge is -2.36. The number of rotatable bonds is 4. The Bertz CT molecular complexity index is 729. The van der Waals surface area contributed by atoms with Crippen molar-refractivity contribution < 1.29 is 14.0 Å². The molecule has 1 saturated heterocycles. The summed E-state index contributed by atoms with van der Waals surface area (Å²) in [6.45, 7) is 2.45. The monoisotopic (exact) mass is 342 g/mol. The third kappa shape index (κ3) is 4.32. The second-order valence-corrected chi connectivity index (χ2v) is 5.77. The second-order valence-electron chi connectivity index (χ2n) is 5.77. The van der Waals surface area contributed by atoms with Crippen molar-refractivity contribution in [1.82, 2.24) is 15.2 Å². The number of hydrogen-bond donors (Lipinski definition) is 1. The molecule has 1 aliphatic heterocycles. The zero-order chi connectivity index (χ0) is 17.6. The first kappa shape index (κ1) is 16.9. The van der Waals surface area contributed by atoms with Crippen LogP contribution in [0.5, 0.6) is 0 Å². The normalized spacial score (nSPS) is 14.3. The summed E-state index contributed by atoms with van der Waals surface area (Å²) < 4.78 is 13.0. The molecule has 2 amide bonds. The summed E-state index contributed by atoms with van der Waals surface area (Å²) in [7, 11) is 0. The van der Waals surface area contributed by atoms with Crippen LogP contribution in [0.25, 0.3) is 0 Å². The van der Waals surface area contributed by atoms with Crippen molar-refractivity contribution in [2.75, 3.05) is 37.6 Å². The molecule has 130 valence electrons. The summed E-state index contributed by atoms with van der Waals surface area (Å²) in [5.74, 6) is -0.690. The van der Waals surface area contributed by atoms with Gasteiger partial charge in [0.1, 0.15) is 5.82 Å². The number of halogens is 1. The van der Waals surface area contributed by atoms with E-state index in [4.69, 9.17) is 0 Å². The Morgan fingerprint density at radius 1 is 1.08 bits per heavy atom. The number of anilines is 1. The molecule has 2 aromatic rings. The lowest BCUT2D eigenvalue weighted by molar-refractivity contribution is -0.130. The second kappa shape index (κ2) is 7.74. The topological polar surface area (TPSA) is 65.5 Å². The Labute approximate surface area is 145 Å². The van der Waals surface area contributed by atoms with Gasteiger partial charge in [-0.15, -0.1) is 0 Å². The summed E-state index contributed by atoms with van der Waals surface area (Å²) in [6.07, 6.45) is 3.05. The molecule has 6 nitrogen and oxygen atoms in total. The van der Waals surface area contributed by atoms with E-state index in [-0.39, 0.29) is 24.2 Å². The fraction of sp³-hybridized carbons (Fsp3) is 0.278. The van der Waals surface area contributed by atoms with Gasteiger partial charge in [0.25, 0.3) is 5.91 Å². The van der Waals surface area contributed by atoms with Crippen molar-refractivity contribution in [2.45, 2.75) is 0 Å². The van der Waals surface area contributed by atoms with Crippen LogP contribution in [0, 0.1) is 5.82 Å². The molecule has 2 heterocycles. The number of nitrogens with one attached hydrogen (secondary N) is 1. The average Bonchev–Trinajstić information content (AvgIpc) is 2.67. The molecular weight excluding hydrogens is 323 g/mol. The summed E-state index contributed by atoms with van der Waals surface area (Å²) in [4.78, 5) is 31.9. The summed E-state index contributed by atoms with van der Waals surface area (Å²) in [5.41, 5.74) is 1.37. The van der Waals surface area contributed by atoms with Gasteiger partial charge in [-0.05, 0) is 36.4 Å². The quantitative estimate of drug-likeness (QED) is 0.910. The van der Waals surface area contributed by atoms with Gasteiger partial charge in [0.15, 0.2) is 0 Å². The first-order valence-corrected chi connectivity index (χ1v) is 8.10. The fourth-order valence-corrected chi connectivity index (χ4v) is 2.73. The van der Waals surface area contributed by atoms with Gasteiger partial charge in [-0.1, -0.05) is 0 Å². The minimum absolute atomic E-state index is 0.0374. The van der Waals surface area contributed by atoms with Gasteiger partial charge >= 0.3 is 0 Å². The molecule has 0 unspecified atom stereocenters. The van der Waals surface area contributed by atoms with Crippen molar-refractivity contribution in [3.63, 3.8) is 0 Å². The molecule has 1 aromatic heterocycles. The van der Waals surface area contributed by atoms with E-state index in [2.05, 4.69) is 15.2 Å². The zero-order valence-electron chi connectivity index (χ0n) is 13.7. The van der Waals surface area contributed by atoms with Crippen molar-refractivity contribution >= 4 is 17.5 Å². The maximum atomic E-state index is 13.0. The van der Waals surface area contributed by atoms with E-state index >= 15 is 0 Å². The number of nitrogens with zero attached hydrogens (tertiary/aromatic N) is 3. The van der Waals surface area contributed by atoms with Crippen LogP contribution >= 0.6 is 0 Å². The third-order valence-electron chi connectivity index (χ3n) is 4.15. The summed E-state index contributed by atoms with van der Waals surface area (Å²) >= 11 is 0. The van der Waals surface area contributed by atoms with Crippen LogP contribution in [-0.4, -0.2) is 54.4 Å². The molecule has 7 heteroatoms. The highest BCUT2D eigenvalue weighted by Crippen LogP contribution is 2.16. The number of carbonyl (C=O) groups excluding carboxylic acids is 2. The van der Waals surface area contributed by atoms with E-state index in [1.54, 1.807) is 35.4 Å². The Balaban J connectivity index is 1.47. The number of carbonyl (C=O) groups is 2. The molecule has 0 aliphatic carbocycles. The molecule has 0 bridgehead atoms. The highest BCUT2D eigenvalue weighted by Gasteiger charge is 2.21. The first-order valence-electron chi connectivity index (χ1n) is 8.10. The minimum atomic E-state index is -0.314. The summed E-state index contributed by atoms with van der Waals surface area (Å²) in [6, 6.07) is 9.66. The van der Waals surface area contributed by atoms with Crippen LogP contribution in [0.2, 0.25) is 0 Å². The van der Waals surface area contributed by atoms with E-state index < -0.39 is 0 Å². The highest BCUT2D eigenvalue weighted by molar-refractivity contribution is 5.96. The van der Waals surface area contributed by atoms with Crippen LogP contribution in [0.1, 0.15) is 10.4 Å². The number of pyridine rings is 1. The maximum Gasteiger partial charge on any atom is 0.253 e. The van der Waals surface area contributed by atoms with Crippen molar-refractivity contribution in [3.05, 3.63) is 60.2 Å². The molecular formula is C18H19FN4O2. The lowest BCUT2D eigenvalue weighted by atomic mass is 10.2. The van der Waals surface area contributed by atoms with Crippen molar-refractivity contribution in [1.29, 1.82) is 0 Å². The van der Waals surface area contributed by atoms with E-state index in [0.717, 1.165) is 5.69 Å². The van der Waals surface area contributed by atoms with Gasteiger partial charge in [0.2, 0.25) is 5.91 Å². The highest BCUT2D eigenvalue weighted by atomic mass is 19.1. The van der Waals surface area contributed by atoms with E-state index in [1.165, 1.54) is 18.3 Å². The summed E-state index contributed by atoms with van der Waals surface area (Å²) in [5, 5.41) is 2.62. The molecule has 1 aromatic carbocycles. The molecule has 3 rings (SSSR count). The Morgan fingerprint density at radius 3 is 2.44 bits per heavy atom. The molecule has 0 saturated carbocycles. The molecule has 0 spiro atoms. The Morgan fingerprint density at radius 2 is 1.80 bits per heavy atom. The predicted molar refractivity (Wildman–Crippen MR) is 91.8 cm³/mol. The first-order chi connectivity index (χ1) is 12.1. The van der Waals surface area contributed by atoms with Gasteiger partial charge in [-0.3, -0.25) is 14.6 Å². The standard InChI is InChI=1S/C18H19FN4O2/c19-15-3-5-16(6-4-15)22-8-10-23(11-9-22)17(24)13-21-18(25)14-2-1-7-20-12-14/h1-7,12H,8-11,13H2,(H,21,25). The number of benzene rings is 1. The van der Waals surface area contributed by atoms with E-state index in [0.29, 0.717) is 31.7 Å². The van der Waals surface area contributed by atoms with Crippen LogP contribution < -0.4 is 10.2 Å². The van der Waals surface area contributed by atoms with E-state index in [1.807, 2.05) is 0 Å². The van der Waals surface area contributed by atoms with Crippen molar-refractivity contribution in [3.8, 4) is 0 Å². The largest absolute Gasteiger partial charge is 0.368 e. The fourth-order valence-electron chi connectivity index (χ4n) is 2.73. The Kier molecular flexibility index (Phi) is 5.23.